The molecule has 0 aromatic heterocycles. The molecule has 0 aliphatic carbocycles. The Kier molecular flexibility index (Phi) is 4.70. The van der Waals surface area contributed by atoms with Gasteiger partial charge in [-0.2, -0.15) is 0 Å². The van der Waals surface area contributed by atoms with Crippen molar-refractivity contribution < 1.29 is 22.7 Å². The molecule has 2 aromatic rings. The van der Waals surface area contributed by atoms with Gasteiger partial charge in [0.2, 0.25) is 0 Å². The van der Waals surface area contributed by atoms with E-state index in [0.29, 0.717) is 0 Å². The van der Waals surface area contributed by atoms with Crippen molar-refractivity contribution in [3.8, 4) is 5.75 Å². The predicted octanol–water partition coefficient (Wildman–Crippen LogP) is 3.82. The second kappa shape index (κ2) is 6.51. The van der Waals surface area contributed by atoms with Crippen LogP contribution in [0.4, 0.5) is 18.9 Å². The van der Waals surface area contributed by atoms with Crippen molar-refractivity contribution in [2.75, 3.05) is 5.32 Å². The van der Waals surface area contributed by atoms with Gasteiger partial charge in [0.1, 0.15) is 11.6 Å². The average molecular weight is 309 g/mol. The van der Waals surface area contributed by atoms with E-state index in [4.69, 9.17) is 4.74 Å². The number of ether oxygens (including phenoxy) is 1. The molecular formula is C16H14F3NO2. The maximum atomic E-state index is 13.7. The molecule has 1 atom stereocenters. The summed E-state index contributed by atoms with van der Waals surface area (Å²) in [6.45, 7) is 3.15. The number of benzene rings is 2. The van der Waals surface area contributed by atoms with E-state index in [2.05, 4.69) is 5.32 Å². The second-order valence-electron chi connectivity index (χ2n) is 4.81. The standard InChI is InChI=1S/C16H14F3NO2/c1-9-3-6-15(14(19)7-9)20-16(21)10(2)22-11-4-5-12(17)13(18)8-11/h3-8,10H,1-2H3,(H,20,21). The van der Waals surface area contributed by atoms with Gasteiger partial charge < -0.3 is 10.1 Å². The summed E-state index contributed by atoms with van der Waals surface area (Å²) >= 11 is 0. The quantitative estimate of drug-likeness (QED) is 0.932. The SMILES string of the molecule is Cc1ccc(NC(=O)C(C)Oc2ccc(F)c(F)c2)c(F)c1. The van der Waals surface area contributed by atoms with E-state index in [1.165, 1.54) is 25.1 Å². The van der Waals surface area contributed by atoms with E-state index in [0.717, 1.165) is 17.7 Å². The predicted molar refractivity (Wildman–Crippen MR) is 76.2 cm³/mol. The summed E-state index contributed by atoms with van der Waals surface area (Å²) in [7, 11) is 0. The van der Waals surface area contributed by atoms with Crippen LogP contribution in [0, 0.1) is 24.4 Å². The molecule has 2 rings (SSSR count). The van der Waals surface area contributed by atoms with Crippen molar-refractivity contribution >= 4 is 11.6 Å². The zero-order valence-corrected chi connectivity index (χ0v) is 12.0. The van der Waals surface area contributed by atoms with Gasteiger partial charge >= 0.3 is 0 Å². The fraction of sp³-hybridized carbons (Fsp3) is 0.188. The number of nitrogens with one attached hydrogen (secondary N) is 1. The lowest BCUT2D eigenvalue weighted by Gasteiger charge is -2.15. The minimum Gasteiger partial charge on any atom is -0.481 e. The molecule has 0 aliphatic heterocycles. The molecule has 0 fully saturated rings. The Morgan fingerprint density at radius 3 is 2.41 bits per heavy atom. The topological polar surface area (TPSA) is 38.3 Å². The zero-order valence-electron chi connectivity index (χ0n) is 12.0. The Bertz CT molecular complexity index is 704. The van der Waals surface area contributed by atoms with Crippen LogP contribution in [-0.2, 0) is 4.79 Å². The van der Waals surface area contributed by atoms with Gasteiger partial charge in [-0.25, -0.2) is 13.2 Å². The van der Waals surface area contributed by atoms with Crippen molar-refractivity contribution in [2.24, 2.45) is 0 Å². The third kappa shape index (κ3) is 3.78. The van der Waals surface area contributed by atoms with Gasteiger partial charge in [-0.05, 0) is 43.7 Å². The maximum absolute atomic E-state index is 13.7. The monoisotopic (exact) mass is 309 g/mol. The number of carbonyl (C=O) groups is 1. The summed E-state index contributed by atoms with van der Waals surface area (Å²) in [5.41, 5.74) is 0.748. The minimum absolute atomic E-state index is 0.00549. The van der Waals surface area contributed by atoms with Crippen LogP contribution >= 0.6 is 0 Å². The molecule has 0 heterocycles. The molecule has 6 heteroatoms. The van der Waals surface area contributed by atoms with E-state index < -0.39 is 29.5 Å². The van der Waals surface area contributed by atoms with Gasteiger partial charge in [0.15, 0.2) is 17.7 Å². The fourth-order valence-corrected chi connectivity index (χ4v) is 1.76. The number of aryl methyl sites for hydroxylation is 1. The van der Waals surface area contributed by atoms with Gasteiger partial charge in [0.25, 0.3) is 5.91 Å². The van der Waals surface area contributed by atoms with Crippen LogP contribution in [0.5, 0.6) is 5.75 Å². The molecule has 0 aliphatic rings. The molecule has 1 amide bonds. The summed E-state index contributed by atoms with van der Waals surface area (Å²) < 4.78 is 44.7. The van der Waals surface area contributed by atoms with Crippen molar-refractivity contribution in [3.63, 3.8) is 0 Å². The molecule has 3 nitrogen and oxygen atoms in total. The first-order chi connectivity index (χ1) is 10.4. The Hall–Kier alpha value is -2.50. The van der Waals surface area contributed by atoms with Crippen LogP contribution in [0.2, 0.25) is 0 Å². The Morgan fingerprint density at radius 1 is 1.05 bits per heavy atom. The highest BCUT2D eigenvalue weighted by Crippen LogP contribution is 2.19. The molecule has 22 heavy (non-hydrogen) atoms. The van der Waals surface area contributed by atoms with Crippen LogP contribution in [0.25, 0.3) is 0 Å². The van der Waals surface area contributed by atoms with E-state index in [-0.39, 0.29) is 11.4 Å². The lowest BCUT2D eigenvalue weighted by atomic mass is 10.2. The maximum Gasteiger partial charge on any atom is 0.265 e. The molecular weight excluding hydrogens is 295 g/mol. The van der Waals surface area contributed by atoms with Gasteiger partial charge in [0.05, 0.1) is 5.69 Å². The summed E-state index contributed by atoms with van der Waals surface area (Å²) in [4.78, 5) is 11.9. The lowest BCUT2D eigenvalue weighted by Crippen LogP contribution is -2.30. The molecule has 0 bridgehead atoms. The Morgan fingerprint density at radius 2 is 1.77 bits per heavy atom. The number of rotatable bonds is 4. The van der Waals surface area contributed by atoms with Gasteiger partial charge in [-0.3, -0.25) is 4.79 Å². The molecule has 2 aromatic carbocycles. The Balaban J connectivity index is 2.04. The first-order valence-corrected chi connectivity index (χ1v) is 6.55. The third-order valence-corrected chi connectivity index (χ3v) is 2.96. The summed E-state index contributed by atoms with van der Waals surface area (Å²) in [6.07, 6.45) is -1.01. The number of hydrogen-bond acceptors (Lipinski definition) is 2. The molecule has 0 radical (unpaired) electrons. The summed E-state index contributed by atoms with van der Waals surface area (Å²) in [6, 6.07) is 7.32. The van der Waals surface area contributed by atoms with Crippen molar-refractivity contribution in [1.82, 2.24) is 0 Å². The van der Waals surface area contributed by atoms with Gasteiger partial charge in [-0.1, -0.05) is 6.07 Å². The van der Waals surface area contributed by atoms with E-state index in [1.807, 2.05) is 0 Å². The van der Waals surface area contributed by atoms with Gasteiger partial charge in [0, 0.05) is 6.07 Å². The number of carbonyl (C=O) groups excluding carboxylic acids is 1. The first kappa shape index (κ1) is 15.9. The number of hydrogen-bond donors (Lipinski definition) is 1. The van der Waals surface area contributed by atoms with Crippen molar-refractivity contribution in [1.29, 1.82) is 0 Å². The highest BCUT2D eigenvalue weighted by molar-refractivity contribution is 5.94. The molecule has 0 spiro atoms. The van der Waals surface area contributed by atoms with E-state index >= 15 is 0 Å². The second-order valence-corrected chi connectivity index (χ2v) is 4.81. The molecule has 1 N–H and O–H groups in total. The molecule has 1 unspecified atom stereocenters. The minimum atomic E-state index is -1.07. The fourth-order valence-electron chi connectivity index (χ4n) is 1.76. The molecule has 0 saturated heterocycles. The third-order valence-electron chi connectivity index (χ3n) is 2.96. The number of halogens is 3. The highest BCUT2D eigenvalue weighted by Gasteiger charge is 2.17. The zero-order chi connectivity index (χ0) is 16.3. The van der Waals surface area contributed by atoms with Crippen molar-refractivity contribution in [2.45, 2.75) is 20.0 Å². The first-order valence-electron chi connectivity index (χ1n) is 6.55. The smallest absolute Gasteiger partial charge is 0.265 e. The van der Waals surface area contributed by atoms with Crippen LogP contribution in [0.3, 0.4) is 0 Å². The molecule has 116 valence electrons. The molecule has 0 saturated carbocycles. The van der Waals surface area contributed by atoms with Gasteiger partial charge in [-0.15, -0.1) is 0 Å². The van der Waals surface area contributed by atoms with Crippen molar-refractivity contribution in [3.05, 3.63) is 59.4 Å². The Labute approximate surface area is 125 Å². The number of amides is 1. The largest absolute Gasteiger partial charge is 0.481 e. The summed E-state index contributed by atoms with van der Waals surface area (Å²) in [5.74, 6) is -3.24. The van der Waals surface area contributed by atoms with Crippen LogP contribution in [-0.4, -0.2) is 12.0 Å². The van der Waals surface area contributed by atoms with Crippen LogP contribution < -0.4 is 10.1 Å². The van der Waals surface area contributed by atoms with E-state index in [9.17, 15) is 18.0 Å². The normalized spacial score (nSPS) is 11.9. The van der Waals surface area contributed by atoms with Crippen LogP contribution in [0.15, 0.2) is 36.4 Å². The number of anilines is 1. The average Bonchev–Trinajstić information content (AvgIpc) is 2.45. The lowest BCUT2D eigenvalue weighted by molar-refractivity contribution is -0.122. The summed E-state index contributed by atoms with van der Waals surface area (Å²) in [5, 5.41) is 2.38. The van der Waals surface area contributed by atoms with E-state index in [1.54, 1.807) is 13.0 Å². The van der Waals surface area contributed by atoms with Crippen LogP contribution in [0.1, 0.15) is 12.5 Å². The highest BCUT2D eigenvalue weighted by atomic mass is 19.2.